The Morgan fingerprint density at radius 2 is 1.71 bits per heavy atom. The molecule has 2 rings (SSSR count). The van der Waals surface area contributed by atoms with Gasteiger partial charge in [0, 0.05) is 17.6 Å². The average Bonchev–Trinajstić information content (AvgIpc) is 2.44. The number of hydrogen-bond acceptors (Lipinski definition) is 2. The fourth-order valence-corrected chi connectivity index (χ4v) is 2.63. The van der Waals surface area contributed by atoms with Gasteiger partial charge in [-0.15, -0.1) is 0 Å². The lowest BCUT2D eigenvalue weighted by Crippen LogP contribution is -2.25. The van der Waals surface area contributed by atoms with Gasteiger partial charge < -0.3 is 10.4 Å². The van der Waals surface area contributed by atoms with E-state index < -0.39 is 0 Å². The van der Waals surface area contributed by atoms with Crippen molar-refractivity contribution in [3.8, 4) is 5.75 Å². The monoisotopic (exact) mass is 323 g/mol. The first-order valence-corrected chi connectivity index (χ1v) is 7.69. The molecule has 0 aliphatic rings. The second-order valence-electron chi connectivity index (χ2n) is 5.44. The molecule has 21 heavy (non-hydrogen) atoms. The minimum absolute atomic E-state index is 0.110. The quantitative estimate of drug-likeness (QED) is 0.794. The van der Waals surface area contributed by atoms with Gasteiger partial charge in [-0.1, -0.05) is 55.2 Å². The third-order valence-corrected chi connectivity index (χ3v) is 3.99. The van der Waals surface area contributed by atoms with Gasteiger partial charge in [0.15, 0.2) is 0 Å². The molecule has 4 heteroatoms. The number of benzene rings is 2. The van der Waals surface area contributed by atoms with Crippen molar-refractivity contribution in [3.63, 3.8) is 0 Å². The normalized spacial score (nSPS) is 12.6. The molecule has 2 N–H and O–H groups in total. The summed E-state index contributed by atoms with van der Waals surface area (Å²) < 4.78 is 0. The minimum atomic E-state index is 0.110. The molecule has 2 aromatic carbocycles. The summed E-state index contributed by atoms with van der Waals surface area (Å²) in [4.78, 5) is 0. The molecular weight excluding hydrogens is 305 g/mol. The van der Waals surface area contributed by atoms with E-state index in [0.29, 0.717) is 17.5 Å². The third kappa shape index (κ3) is 4.37. The van der Waals surface area contributed by atoms with Crippen LogP contribution in [0.1, 0.15) is 31.0 Å². The maximum absolute atomic E-state index is 9.45. The van der Waals surface area contributed by atoms with Crippen LogP contribution in [0.25, 0.3) is 0 Å². The molecule has 2 nitrogen and oxygen atoms in total. The van der Waals surface area contributed by atoms with E-state index in [1.807, 2.05) is 30.3 Å². The van der Waals surface area contributed by atoms with E-state index in [4.69, 9.17) is 23.2 Å². The predicted octanol–water partition coefficient (Wildman–Crippen LogP) is 5.19. The summed E-state index contributed by atoms with van der Waals surface area (Å²) in [5.74, 6) is 0.553. The Morgan fingerprint density at radius 3 is 2.29 bits per heavy atom. The number of phenols is 1. The summed E-state index contributed by atoms with van der Waals surface area (Å²) in [5.41, 5.74) is 2.25. The summed E-state index contributed by atoms with van der Waals surface area (Å²) in [6.07, 6.45) is 0. The van der Waals surface area contributed by atoms with E-state index in [2.05, 4.69) is 19.2 Å². The van der Waals surface area contributed by atoms with Crippen LogP contribution >= 0.6 is 23.2 Å². The molecule has 112 valence electrons. The van der Waals surface area contributed by atoms with Crippen LogP contribution in [0, 0.1) is 5.92 Å². The van der Waals surface area contributed by atoms with Gasteiger partial charge in [0.05, 0.1) is 5.02 Å². The molecule has 0 spiro atoms. The van der Waals surface area contributed by atoms with Gasteiger partial charge in [-0.2, -0.15) is 0 Å². The van der Waals surface area contributed by atoms with Crippen LogP contribution in [0.15, 0.2) is 42.5 Å². The fraction of sp³-hybridized carbons (Fsp3) is 0.294. The molecule has 1 unspecified atom stereocenters. The number of halogens is 2. The van der Waals surface area contributed by atoms with E-state index >= 15 is 0 Å². The van der Waals surface area contributed by atoms with Crippen molar-refractivity contribution >= 4 is 23.2 Å². The highest BCUT2D eigenvalue weighted by atomic mass is 35.5. The molecule has 0 fully saturated rings. The summed E-state index contributed by atoms with van der Waals surface area (Å²) in [6, 6.07) is 13.4. The number of aromatic hydroxyl groups is 1. The van der Waals surface area contributed by atoms with E-state index in [1.165, 1.54) is 5.56 Å². The largest absolute Gasteiger partial charge is 0.506 e. The van der Waals surface area contributed by atoms with Gasteiger partial charge in [0.2, 0.25) is 0 Å². The lowest BCUT2D eigenvalue weighted by Gasteiger charge is -2.23. The zero-order valence-corrected chi connectivity index (χ0v) is 13.6. The molecule has 0 aliphatic heterocycles. The molecule has 0 saturated heterocycles. The molecule has 0 radical (unpaired) electrons. The van der Waals surface area contributed by atoms with Crippen LogP contribution < -0.4 is 5.32 Å². The molecule has 0 aromatic heterocycles. The molecule has 0 aliphatic carbocycles. The average molecular weight is 324 g/mol. The van der Waals surface area contributed by atoms with Crippen LogP contribution in [0.2, 0.25) is 10.0 Å². The van der Waals surface area contributed by atoms with Crippen molar-refractivity contribution in [2.45, 2.75) is 26.4 Å². The van der Waals surface area contributed by atoms with Crippen molar-refractivity contribution in [2.75, 3.05) is 0 Å². The Hall–Kier alpha value is -1.22. The summed E-state index contributed by atoms with van der Waals surface area (Å²) in [6.45, 7) is 5.04. The molecule has 0 heterocycles. The van der Waals surface area contributed by atoms with Crippen LogP contribution in [0.4, 0.5) is 0 Å². The topological polar surface area (TPSA) is 32.3 Å². The SMILES string of the molecule is CC(C)C(NCc1ccc(O)c(Cl)c1)c1ccc(Cl)cc1. The van der Waals surface area contributed by atoms with Crippen LogP contribution in [-0.4, -0.2) is 5.11 Å². The van der Waals surface area contributed by atoms with Gasteiger partial charge in [0.1, 0.15) is 5.75 Å². The molecule has 0 saturated carbocycles. The van der Waals surface area contributed by atoms with E-state index in [-0.39, 0.29) is 11.8 Å². The molecule has 0 bridgehead atoms. The Kier molecular flexibility index (Phi) is 5.51. The van der Waals surface area contributed by atoms with Crippen molar-refractivity contribution in [2.24, 2.45) is 5.92 Å². The fourth-order valence-electron chi connectivity index (χ4n) is 2.30. The zero-order chi connectivity index (χ0) is 15.4. The Balaban J connectivity index is 2.09. The van der Waals surface area contributed by atoms with Gasteiger partial charge >= 0.3 is 0 Å². The number of hydrogen-bond donors (Lipinski definition) is 2. The molecular formula is C17H19Cl2NO. The molecule has 0 amide bonds. The van der Waals surface area contributed by atoms with Gasteiger partial charge in [0.25, 0.3) is 0 Å². The maximum Gasteiger partial charge on any atom is 0.134 e. The second-order valence-corrected chi connectivity index (χ2v) is 6.28. The van der Waals surface area contributed by atoms with E-state index in [0.717, 1.165) is 10.6 Å². The zero-order valence-electron chi connectivity index (χ0n) is 12.1. The maximum atomic E-state index is 9.45. The predicted molar refractivity (Wildman–Crippen MR) is 89.0 cm³/mol. The minimum Gasteiger partial charge on any atom is -0.506 e. The van der Waals surface area contributed by atoms with Crippen LogP contribution in [0.3, 0.4) is 0 Å². The highest BCUT2D eigenvalue weighted by Crippen LogP contribution is 2.26. The first kappa shape index (κ1) is 16.2. The number of phenolic OH excluding ortho intramolecular Hbond substituents is 1. The second kappa shape index (κ2) is 7.17. The van der Waals surface area contributed by atoms with Gasteiger partial charge in [-0.3, -0.25) is 0 Å². The summed E-state index contributed by atoms with van der Waals surface area (Å²) in [5, 5.41) is 14.1. The van der Waals surface area contributed by atoms with Crippen molar-refractivity contribution in [3.05, 3.63) is 63.6 Å². The van der Waals surface area contributed by atoms with Crippen LogP contribution in [-0.2, 0) is 6.54 Å². The van der Waals surface area contributed by atoms with E-state index in [9.17, 15) is 5.11 Å². The van der Waals surface area contributed by atoms with Crippen molar-refractivity contribution in [1.82, 2.24) is 5.32 Å². The lowest BCUT2D eigenvalue weighted by atomic mass is 9.96. The van der Waals surface area contributed by atoms with Gasteiger partial charge in [-0.05, 0) is 41.3 Å². The first-order valence-electron chi connectivity index (χ1n) is 6.93. The first-order chi connectivity index (χ1) is 9.97. The highest BCUT2D eigenvalue weighted by Gasteiger charge is 2.15. The number of nitrogens with one attached hydrogen (secondary N) is 1. The van der Waals surface area contributed by atoms with E-state index in [1.54, 1.807) is 12.1 Å². The van der Waals surface area contributed by atoms with Gasteiger partial charge in [-0.25, -0.2) is 0 Å². The Labute approximate surface area is 135 Å². The Morgan fingerprint density at radius 1 is 1.05 bits per heavy atom. The summed E-state index contributed by atoms with van der Waals surface area (Å²) in [7, 11) is 0. The molecule has 2 aromatic rings. The lowest BCUT2D eigenvalue weighted by molar-refractivity contribution is 0.410. The highest BCUT2D eigenvalue weighted by molar-refractivity contribution is 6.32. The molecule has 1 atom stereocenters. The third-order valence-electron chi connectivity index (χ3n) is 3.43. The standard InChI is InChI=1S/C17H19Cl2NO/c1-11(2)17(13-4-6-14(18)7-5-13)20-10-12-3-8-16(21)15(19)9-12/h3-9,11,17,20-21H,10H2,1-2H3. The van der Waals surface area contributed by atoms with Crippen molar-refractivity contribution in [1.29, 1.82) is 0 Å². The smallest absolute Gasteiger partial charge is 0.134 e. The Bertz CT molecular complexity index is 596. The number of rotatable bonds is 5. The van der Waals surface area contributed by atoms with Crippen molar-refractivity contribution < 1.29 is 5.11 Å². The summed E-state index contributed by atoms with van der Waals surface area (Å²) >= 11 is 11.9. The van der Waals surface area contributed by atoms with Crippen LogP contribution in [0.5, 0.6) is 5.75 Å².